The van der Waals surface area contributed by atoms with E-state index in [9.17, 15) is 9.90 Å². The number of hydrogen-bond donors (Lipinski definition) is 2. The lowest BCUT2D eigenvalue weighted by molar-refractivity contribution is -0.117. The van der Waals surface area contributed by atoms with Crippen LogP contribution in [0.4, 0.5) is 0 Å². The Morgan fingerprint density at radius 1 is 1.54 bits per heavy atom. The van der Waals surface area contributed by atoms with E-state index in [0.717, 1.165) is 10.0 Å². The van der Waals surface area contributed by atoms with Gasteiger partial charge in [0.2, 0.25) is 5.91 Å². The SMILES string of the molecule is NC(=O)CCc1cc(Br)ccc1O. The van der Waals surface area contributed by atoms with Crippen molar-refractivity contribution in [1.29, 1.82) is 0 Å². The zero-order valence-electron chi connectivity index (χ0n) is 6.96. The van der Waals surface area contributed by atoms with Gasteiger partial charge in [0.05, 0.1) is 0 Å². The monoisotopic (exact) mass is 243 g/mol. The lowest BCUT2D eigenvalue weighted by atomic mass is 10.1. The fourth-order valence-corrected chi connectivity index (χ4v) is 1.42. The van der Waals surface area contributed by atoms with Gasteiger partial charge in [0, 0.05) is 10.9 Å². The number of carbonyl (C=O) groups excluding carboxylic acids is 1. The average Bonchev–Trinajstić information content (AvgIpc) is 2.06. The van der Waals surface area contributed by atoms with Crippen LogP contribution in [0.5, 0.6) is 5.75 Å². The molecule has 1 rings (SSSR count). The van der Waals surface area contributed by atoms with Crippen molar-refractivity contribution in [1.82, 2.24) is 0 Å². The zero-order chi connectivity index (χ0) is 9.84. The van der Waals surface area contributed by atoms with Gasteiger partial charge < -0.3 is 10.8 Å². The van der Waals surface area contributed by atoms with E-state index in [2.05, 4.69) is 15.9 Å². The van der Waals surface area contributed by atoms with E-state index in [-0.39, 0.29) is 18.1 Å². The molecule has 0 radical (unpaired) electrons. The van der Waals surface area contributed by atoms with Crippen molar-refractivity contribution in [3.63, 3.8) is 0 Å². The standard InChI is InChI=1S/C9H10BrNO2/c10-7-2-3-8(12)6(5-7)1-4-9(11)13/h2-3,5,12H,1,4H2,(H2,11,13). The third kappa shape index (κ3) is 3.06. The third-order valence-corrected chi connectivity index (χ3v) is 2.18. The summed E-state index contributed by atoms with van der Waals surface area (Å²) in [6, 6.07) is 5.10. The van der Waals surface area contributed by atoms with Gasteiger partial charge in [0.15, 0.2) is 0 Å². The van der Waals surface area contributed by atoms with Crippen LogP contribution in [0.25, 0.3) is 0 Å². The highest BCUT2D eigenvalue weighted by Crippen LogP contribution is 2.22. The summed E-state index contributed by atoms with van der Waals surface area (Å²) in [6.45, 7) is 0. The van der Waals surface area contributed by atoms with E-state index >= 15 is 0 Å². The molecule has 0 fully saturated rings. The first-order valence-corrected chi connectivity index (χ1v) is 4.64. The molecule has 13 heavy (non-hydrogen) atoms. The molecule has 4 heteroatoms. The van der Waals surface area contributed by atoms with Crippen LogP contribution in [0.3, 0.4) is 0 Å². The van der Waals surface area contributed by atoms with E-state index in [1.807, 2.05) is 0 Å². The minimum atomic E-state index is -0.362. The van der Waals surface area contributed by atoms with Crippen molar-refractivity contribution in [3.8, 4) is 5.75 Å². The minimum Gasteiger partial charge on any atom is -0.508 e. The van der Waals surface area contributed by atoms with Gasteiger partial charge in [-0.3, -0.25) is 4.79 Å². The van der Waals surface area contributed by atoms with Crippen LogP contribution >= 0.6 is 15.9 Å². The van der Waals surface area contributed by atoms with Gasteiger partial charge in [-0.05, 0) is 30.2 Å². The van der Waals surface area contributed by atoms with E-state index < -0.39 is 0 Å². The fourth-order valence-electron chi connectivity index (χ4n) is 1.01. The van der Waals surface area contributed by atoms with Gasteiger partial charge in [-0.25, -0.2) is 0 Å². The molecule has 0 atom stereocenters. The molecule has 3 nitrogen and oxygen atoms in total. The van der Waals surface area contributed by atoms with Crippen molar-refractivity contribution in [2.75, 3.05) is 0 Å². The zero-order valence-corrected chi connectivity index (χ0v) is 8.54. The number of phenols is 1. The first kappa shape index (κ1) is 10.1. The van der Waals surface area contributed by atoms with Gasteiger partial charge in [-0.15, -0.1) is 0 Å². The number of amides is 1. The summed E-state index contributed by atoms with van der Waals surface area (Å²) in [5.41, 5.74) is 5.73. The second-order valence-electron chi connectivity index (χ2n) is 2.74. The van der Waals surface area contributed by atoms with Gasteiger partial charge in [-0.2, -0.15) is 0 Å². The molecule has 0 saturated carbocycles. The Kier molecular flexibility index (Phi) is 3.31. The Balaban J connectivity index is 2.75. The Bertz CT molecular complexity index is 325. The van der Waals surface area contributed by atoms with Gasteiger partial charge in [0.25, 0.3) is 0 Å². The predicted molar refractivity (Wildman–Crippen MR) is 53.3 cm³/mol. The highest BCUT2D eigenvalue weighted by atomic mass is 79.9. The number of primary amides is 1. The fraction of sp³-hybridized carbons (Fsp3) is 0.222. The Morgan fingerprint density at radius 2 is 2.23 bits per heavy atom. The molecule has 0 aromatic heterocycles. The number of hydrogen-bond acceptors (Lipinski definition) is 2. The first-order valence-electron chi connectivity index (χ1n) is 3.85. The van der Waals surface area contributed by atoms with E-state index in [4.69, 9.17) is 5.73 Å². The molecular weight excluding hydrogens is 234 g/mol. The number of benzene rings is 1. The summed E-state index contributed by atoms with van der Waals surface area (Å²) in [7, 11) is 0. The molecule has 1 aromatic carbocycles. The molecule has 1 amide bonds. The molecular formula is C9H10BrNO2. The van der Waals surface area contributed by atoms with Crippen molar-refractivity contribution in [2.24, 2.45) is 5.73 Å². The third-order valence-electron chi connectivity index (χ3n) is 1.68. The molecule has 0 saturated heterocycles. The average molecular weight is 244 g/mol. The number of phenolic OH excluding ortho intramolecular Hbond substituents is 1. The number of aryl methyl sites for hydroxylation is 1. The van der Waals surface area contributed by atoms with Crippen LogP contribution in [0.15, 0.2) is 22.7 Å². The molecule has 0 heterocycles. The van der Waals surface area contributed by atoms with Crippen LogP contribution in [-0.4, -0.2) is 11.0 Å². The Morgan fingerprint density at radius 3 is 2.85 bits per heavy atom. The molecule has 0 aliphatic carbocycles. The molecule has 1 aromatic rings. The van der Waals surface area contributed by atoms with Crippen LogP contribution in [0, 0.1) is 0 Å². The second kappa shape index (κ2) is 4.28. The normalized spacial score (nSPS) is 9.92. The lowest BCUT2D eigenvalue weighted by Gasteiger charge is -2.02. The lowest BCUT2D eigenvalue weighted by Crippen LogP contribution is -2.11. The minimum absolute atomic E-state index is 0.199. The molecule has 0 aliphatic heterocycles. The summed E-state index contributed by atoms with van der Waals surface area (Å²) in [6.07, 6.45) is 0.727. The highest BCUT2D eigenvalue weighted by molar-refractivity contribution is 9.10. The maximum absolute atomic E-state index is 10.5. The van der Waals surface area contributed by atoms with Crippen LogP contribution in [-0.2, 0) is 11.2 Å². The van der Waals surface area contributed by atoms with Crippen molar-refractivity contribution in [2.45, 2.75) is 12.8 Å². The van der Waals surface area contributed by atoms with Crippen molar-refractivity contribution >= 4 is 21.8 Å². The van der Waals surface area contributed by atoms with E-state index in [1.54, 1.807) is 18.2 Å². The Labute approximate surface area is 84.7 Å². The van der Waals surface area contributed by atoms with Crippen LogP contribution in [0.2, 0.25) is 0 Å². The van der Waals surface area contributed by atoms with Crippen molar-refractivity contribution in [3.05, 3.63) is 28.2 Å². The van der Waals surface area contributed by atoms with Crippen molar-refractivity contribution < 1.29 is 9.90 Å². The number of carbonyl (C=O) groups is 1. The summed E-state index contributed by atoms with van der Waals surface area (Å²) in [5, 5.41) is 9.37. The van der Waals surface area contributed by atoms with Gasteiger partial charge in [0.1, 0.15) is 5.75 Å². The molecule has 3 N–H and O–H groups in total. The number of rotatable bonds is 3. The van der Waals surface area contributed by atoms with Gasteiger partial charge >= 0.3 is 0 Å². The summed E-state index contributed by atoms with van der Waals surface area (Å²) in [4.78, 5) is 10.5. The van der Waals surface area contributed by atoms with Crippen LogP contribution < -0.4 is 5.73 Å². The Hall–Kier alpha value is -1.03. The number of nitrogens with two attached hydrogens (primary N) is 1. The van der Waals surface area contributed by atoms with Crippen LogP contribution in [0.1, 0.15) is 12.0 Å². The topological polar surface area (TPSA) is 63.3 Å². The maximum Gasteiger partial charge on any atom is 0.217 e. The molecule has 0 spiro atoms. The number of aromatic hydroxyl groups is 1. The molecule has 0 bridgehead atoms. The summed E-state index contributed by atoms with van der Waals surface area (Å²) >= 11 is 3.28. The molecule has 0 unspecified atom stereocenters. The summed E-state index contributed by atoms with van der Waals surface area (Å²) in [5.74, 6) is -0.163. The number of halogens is 1. The smallest absolute Gasteiger partial charge is 0.217 e. The maximum atomic E-state index is 10.5. The van der Waals surface area contributed by atoms with Gasteiger partial charge in [-0.1, -0.05) is 15.9 Å². The predicted octanol–water partition coefficient (Wildman–Crippen LogP) is 1.57. The molecule has 70 valence electrons. The highest BCUT2D eigenvalue weighted by Gasteiger charge is 2.03. The van der Waals surface area contributed by atoms with E-state index in [0.29, 0.717) is 6.42 Å². The van der Waals surface area contributed by atoms with E-state index in [1.165, 1.54) is 0 Å². The second-order valence-corrected chi connectivity index (χ2v) is 3.66. The molecule has 0 aliphatic rings. The largest absolute Gasteiger partial charge is 0.508 e. The first-order chi connectivity index (χ1) is 6.09. The summed E-state index contributed by atoms with van der Waals surface area (Å²) < 4.78 is 0.879. The quantitative estimate of drug-likeness (QED) is 0.847.